The molecule has 0 saturated heterocycles. The highest BCUT2D eigenvalue weighted by atomic mass is 16.4. The van der Waals surface area contributed by atoms with Crippen molar-refractivity contribution < 1.29 is 15.0 Å². The first-order valence-corrected chi connectivity index (χ1v) is 13.7. The second kappa shape index (κ2) is 9.52. The van der Waals surface area contributed by atoms with Crippen LogP contribution in [0, 0.1) is 16.7 Å². The smallest absolute Gasteiger partial charge is 0.335 e. The van der Waals surface area contributed by atoms with E-state index in [1.54, 1.807) is 6.08 Å². The molecule has 2 atom stereocenters. The van der Waals surface area contributed by atoms with Gasteiger partial charge in [0.2, 0.25) is 0 Å². The Morgan fingerprint density at radius 3 is 1.63 bits per heavy atom. The Morgan fingerprint density at radius 2 is 1.18 bits per heavy atom. The van der Waals surface area contributed by atoms with Crippen LogP contribution in [0.2, 0.25) is 0 Å². The molecular formula is C35H48O3. The molecule has 0 aromatic heterocycles. The summed E-state index contributed by atoms with van der Waals surface area (Å²) in [7, 11) is 0. The van der Waals surface area contributed by atoms with Crippen LogP contribution in [-0.4, -0.2) is 16.2 Å². The minimum atomic E-state index is -1.43. The fraction of sp³-hybridized carbons (Fsp3) is 0.514. The summed E-state index contributed by atoms with van der Waals surface area (Å²) in [5.74, 6) is -1.49. The molecule has 0 aliphatic heterocycles. The molecule has 0 bridgehead atoms. The molecule has 0 radical (unpaired) electrons. The topological polar surface area (TPSA) is 57.5 Å². The number of aliphatic hydroxyl groups is 1. The summed E-state index contributed by atoms with van der Waals surface area (Å²) in [6, 6.07) is 16.3. The number of benzene rings is 2. The van der Waals surface area contributed by atoms with E-state index < -0.39 is 28.3 Å². The average molecular weight is 517 g/mol. The minimum absolute atomic E-state index is 0.217. The standard InChI is InChI=1S/C35H48O3/c1-31(2,3)24-18-14-13-17-22(24)28-23(30(36)37)21-27(33(7,8)9)35(38,29(28)34(10,11)12)26-20-16-15-19-25(26)32(4,5)6/h13-21,29,38H,1-12H3,(H,36,37). The first kappa shape index (κ1) is 29.9. The van der Waals surface area contributed by atoms with Crippen molar-refractivity contribution in [2.45, 2.75) is 99.5 Å². The van der Waals surface area contributed by atoms with Crippen LogP contribution >= 0.6 is 0 Å². The Bertz CT molecular complexity index is 1280. The van der Waals surface area contributed by atoms with Crippen molar-refractivity contribution in [1.82, 2.24) is 0 Å². The number of carbonyl (C=O) groups is 1. The Kier molecular flexibility index (Phi) is 7.49. The molecule has 3 nitrogen and oxygen atoms in total. The highest BCUT2D eigenvalue weighted by Crippen LogP contribution is 2.60. The third-order valence-corrected chi connectivity index (χ3v) is 7.77. The normalized spacial score (nSPS) is 21.4. The van der Waals surface area contributed by atoms with Crippen molar-refractivity contribution in [3.05, 3.63) is 88.0 Å². The number of carboxylic acid groups (broad SMARTS) is 1. The number of aliphatic carboxylic acids is 1. The van der Waals surface area contributed by atoms with Crippen LogP contribution in [0.3, 0.4) is 0 Å². The van der Waals surface area contributed by atoms with Crippen molar-refractivity contribution >= 4 is 11.5 Å². The van der Waals surface area contributed by atoms with E-state index in [4.69, 9.17) is 0 Å². The largest absolute Gasteiger partial charge is 0.478 e. The predicted octanol–water partition coefficient (Wildman–Crippen LogP) is 8.66. The molecule has 2 aromatic carbocycles. The first-order valence-electron chi connectivity index (χ1n) is 13.7. The maximum atomic E-state index is 13.4. The van der Waals surface area contributed by atoms with Gasteiger partial charge < -0.3 is 10.2 Å². The van der Waals surface area contributed by atoms with E-state index in [0.717, 1.165) is 27.8 Å². The van der Waals surface area contributed by atoms with Crippen molar-refractivity contribution in [2.75, 3.05) is 0 Å². The van der Waals surface area contributed by atoms with Gasteiger partial charge in [-0.05, 0) is 61.1 Å². The lowest BCUT2D eigenvalue weighted by Gasteiger charge is -2.53. The number of rotatable bonds is 3. The van der Waals surface area contributed by atoms with Gasteiger partial charge >= 0.3 is 5.97 Å². The van der Waals surface area contributed by atoms with E-state index in [2.05, 4.69) is 95.2 Å². The van der Waals surface area contributed by atoms with Gasteiger partial charge in [0.05, 0.1) is 5.57 Å². The van der Waals surface area contributed by atoms with Crippen molar-refractivity contribution in [3.8, 4) is 0 Å². The zero-order chi connectivity index (χ0) is 29.1. The van der Waals surface area contributed by atoms with E-state index in [9.17, 15) is 15.0 Å². The van der Waals surface area contributed by atoms with Gasteiger partial charge in [-0.2, -0.15) is 0 Å². The second-order valence-corrected chi connectivity index (χ2v) is 15.1. The van der Waals surface area contributed by atoms with E-state index in [1.807, 2.05) is 36.4 Å². The van der Waals surface area contributed by atoms with Crippen LogP contribution in [-0.2, 0) is 21.2 Å². The van der Waals surface area contributed by atoms with Gasteiger partial charge in [-0.1, -0.05) is 132 Å². The van der Waals surface area contributed by atoms with E-state index in [-0.39, 0.29) is 16.4 Å². The number of hydrogen-bond acceptors (Lipinski definition) is 2. The Balaban J connectivity index is 2.65. The number of carboxylic acids is 1. The molecule has 1 aliphatic rings. The molecular weight excluding hydrogens is 468 g/mol. The summed E-state index contributed by atoms with van der Waals surface area (Å²) in [4.78, 5) is 13.0. The van der Waals surface area contributed by atoms with Gasteiger partial charge in [0.25, 0.3) is 0 Å². The van der Waals surface area contributed by atoms with Crippen LogP contribution < -0.4 is 0 Å². The number of hydrogen-bond donors (Lipinski definition) is 2. The van der Waals surface area contributed by atoms with Gasteiger partial charge in [-0.25, -0.2) is 4.79 Å². The van der Waals surface area contributed by atoms with E-state index >= 15 is 0 Å². The Morgan fingerprint density at radius 1 is 0.711 bits per heavy atom. The van der Waals surface area contributed by atoms with Crippen molar-refractivity contribution in [2.24, 2.45) is 16.7 Å². The predicted molar refractivity (Wildman–Crippen MR) is 159 cm³/mol. The molecule has 0 spiro atoms. The zero-order valence-electron chi connectivity index (χ0n) is 25.6. The molecule has 3 heteroatoms. The van der Waals surface area contributed by atoms with Crippen LogP contribution in [0.25, 0.3) is 5.57 Å². The Labute approximate surface area is 230 Å². The molecule has 3 rings (SSSR count). The molecule has 38 heavy (non-hydrogen) atoms. The summed E-state index contributed by atoms with van der Waals surface area (Å²) < 4.78 is 0. The van der Waals surface area contributed by atoms with Gasteiger partial charge in [-0.15, -0.1) is 0 Å². The highest BCUT2D eigenvalue weighted by Gasteiger charge is 2.56. The molecule has 2 unspecified atom stereocenters. The molecule has 206 valence electrons. The quantitative estimate of drug-likeness (QED) is 0.429. The third-order valence-electron chi connectivity index (χ3n) is 7.77. The fourth-order valence-electron chi connectivity index (χ4n) is 6.32. The van der Waals surface area contributed by atoms with Gasteiger partial charge in [0.15, 0.2) is 0 Å². The molecule has 0 fully saturated rings. The van der Waals surface area contributed by atoms with Gasteiger partial charge in [0.1, 0.15) is 5.60 Å². The summed E-state index contributed by atoms with van der Waals surface area (Å²) in [6.45, 7) is 25.5. The summed E-state index contributed by atoms with van der Waals surface area (Å²) in [5.41, 5.74) is 2.75. The van der Waals surface area contributed by atoms with Gasteiger partial charge in [-0.3, -0.25) is 0 Å². The second-order valence-electron chi connectivity index (χ2n) is 15.1. The lowest BCUT2D eigenvalue weighted by Crippen LogP contribution is -2.50. The highest BCUT2D eigenvalue weighted by molar-refractivity contribution is 6.02. The molecule has 2 N–H and O–H groups in total. The maximum absolute atomic E-state index is 13.4. The Hall–Kier alpha value is -2.65. The zero-order valence-corrected chi connectivity index (χ0v) is 25.6. The van der Waals surface area contributed by atoms with Crippen LogP contribution in [0.15, 0.2) is 65.8 Å². The lowest BCUT2D eigenvalue weighted by molar-refractivity contribution is -0.132. The molecule has 0 saturated carbocycles. The average Bonchev–Trinajstić information content (AvgIpc) is 2.75. The maximum Gasteiger partial charge on any atom is 0.335 e. The van der Waals surface area contributed by atoms with Crippen molar-refractivity contribution in [3.63, 3.8) is 0 Å². The summed E-state index contributed by atoms with van der Waals surface area (Å²) >= 11 is 0. The third kappa shape index (κ3) is 5.27. The first-order chi connectivity index (χ1) is 17.1. The SMILES string of the molecule is CC(C)(C)C1=CC(C(=O)O)=C(c2ccccc2C(C)(C)C)C(C(C)(C)C)C1(O)c1ccccc1C(C)(C)C. The minimum Gasteiger partial charge on any atom is -0.478 e. The molecule has 1 aliphatic carbocycles. The van der Waals surface area contributed by atoms with Crippen molar-refractivity contribution in [1.29, 1.82) is 0 Å². The van der Waals surface area contributed by atoms with Crippen LogP contribution in [0.1, 0.15) is 105 Å². The van der Waals surface area contributed by atoms with Crippen LogP contribution in [0.4, 0.5) is 0 Å². The van der Waals surface area contributed by atoms with E-state index in [0.29, 0.717) is 5.57 Å². The lowest BCUT2D eigenvalue weighted by atomic mass is 9.53. The molecule has 0 heterocycles. The van der Waals surface area contributed by atoms with Gasteiger partial charge in [0, 0.05) is 5.92 Å². The summed E-state index contributed by atoms with van der Waals surface area (Å²) in [5, 5.41) is 24.1. The van der Waals surface area contributed by atoms with E-state index in [1.165, 1.54) is 0 Å². The van der Waals surface area contributed by atoms with Crippen LogP contribution in [0.5, 0.6) is 0 Å². The molecule has 0 amide bonds. The fourth-order valence-corrected chi connectivity index (χ4v) is 6.32. The molecule has 2 aromatic rings. The monoisotopic (exact) mass is 516 g/mol. The summed E-state index contributed by atoms with van der Waals surface area (Å²) in [6.07, 6.45) is 1.78.